The average Bonchev–Trinajstić information content (AvgIpc) is 2.89. The number of carbonyl (C=O) groups excluding carboxylic acids is 1. The number of hydrogen-bond donors (Lipinski definition) is 2. The summed E-state index contributed by atoms with van der Waals surface area (Å²) in [5.74, 6) is 0.0911. The van der Waals surface area contributed by atoms with Crippen molar-refractivity contribution in [2.24, 2.45) is 11.1 Å². The maximum Gasteiger partial charge on any atom is 0.234 e. The molecule has 23 heavy (non-hydrogen) atoms. The second-order valence-corrected chi connectivity index (χ2v) is 6.86. The van der Waals surface area contributed by atoms with Crippen LogP contribution in [0.4, 0.5) is 0 Å². The van der Waals surface area contributed by atoms with E-state index in [1.54, 1.807) is 0 Å². The zero-order valence-electron chi connectivity index (χ0n) is 14.5. The summed E-state index contributed by atoms with van der Waals surface area (Å²) in [7, 11) is 0. The normalized spacial score (nSPS) is 22.4. The predicted octanol–water partition coefficient (Wildman–Crippen LogP) is 2.52. The van der Waals surface area contributed by atoms with Crippen LogP contribution < -0.4 is 11.1 Å². The largest absolute Gasteiger partial charge is 0.348 e. The van der Waals surface area contributed by atoms with E-state index >= 15 is 0 Å². The molecule has 0 aromatic heterocycles. The second-order valence-electron chi connectivity index (χ2n) is 6.86. The number of carbonyl (C=O) groups is 1. The first-order chi connectivity index (χ1) is 10.5. The van der Waals surface area contributed by atoms with Gasteiger partial charge in [0.25, 0.3) is 0 Å². The molecule has 2 unspecified atom stereocenters. The molecule has 1 amide bonds. The number of likely N-dealkylation sites (tertiary alicyclic amines) is 1. The smallest absolute Gasteiger partial charge is 0.234 e. The molecule has 2 atom stereocenters. The fourth-order valence-electron chi connectivity index (χ4n) is 3.04. The number of nitrogens with one attached hydrogen (secondary N) is 1. The number of hydrogen-bond acceptors (Lipinski definition) is 3. The van der Waals surface area contributed by atoms with Gasteiger partial charge in [0, 0.05) is 6.54 Å². The highest BCUT2D eigenvalue weighted by Crippen LogP contribution is 2.28. The first kappa shape index (κ1) is 19.9. The molecule has 130 valence electrons. The summed E-state index contributed by atoms with van der Waals surface area (Å²) >= 11 is 0. The van der Waals surface area contributed by atoms with Crippen LogP contribution in [-0.4, -0.2) is 37.0 Å². The number of benzene rings is 1. The molecule has 0 radical (unpaired) electrons. The van der Waals surface area contributed by atoms with E-state index in [0.29, 0.717) is 13.1 Å². The molecule has 0 bridgehead atoms. The van der Waals surface area contributed by atoms with Crippen molar-refractivity contribution >= 4 is 18.3 Å². The molecule has 1 aromatic carbocycles. The highest BCUT2D eigenvalue weighted by molar-refractivity contribution is 5.85. The molecular weight excluding hydrogens is 310 g/mol. The van der Waals surface area contributed by atoms with Crippen LogP contribution in [0.1, 0.15) is 44.4 Å². The number of nitrogens with zero attached hydrogens (tertiary/aromatic N) is 1. The minimum Gasteiger partial charge on any atom is -0.348 e. The molecule has 0 spiro atoms. The van der Waals surface area contributed by atoms with Crippen LogP contribution in [0, 0.1) is 5.41 Å². The van der Waals surface area contributed by atoms with Gasteiger partial charge in [0.05, 0.1) is 12.6 Å². The van der Waals surface area contributed by atoms with Gasteiger partial charge in [-0.3, -0.25) is 9.69 Å². The Bertz CT molecular complexity index is 505. The molecule has 1 saturated heterocycles. The Balaban J connectivity index is 0.00000264. The lowest BCUT2D eigenvalue weighted by Crippen LogP contribution is -2.39. The van der Waals surface area contributed by atoms with Gasteiger partial charge in [-0.2, -0.15) is 0 Å². The zero-order valence-corrected chi connectivity index (χ0v) is 15.3. The number of amides is 1. The summed E-state index contributed by atoms with van der Waals surface area (Å²) in [6, 6.07) is 8.51. The van der Waals surface area contributed by atoms with Crippen LogP contribution in [0.2, 0.25) is 0 Å². The van der Waals surface area contributed by atoms with E-state index < -0.39 is 0 Å². The van der Waals surface area contributed by atoms with Crippen molar-refractivity contribution in [3.63, 3.8) is 0 Å². The van der Waals surface area contributed by atoms with Gasteiger partial charge in [0.2, 0.25) is 5.91 Å². The molecule has 5 heteroatoms. The summed E-state index contributed by atoms with van der Waals surface area (Å²) < 4.78 is 0. The summed E-state index contributed by atoms with van der Waals surface area (Å²) in [5.41, 5.74) is 8.45. The number of nitrogens with two attached hydrogens (primary N) is 1. The molecule has 1 heterocycles. The van der Waals surface area contributed by atoms with Crippen molar-refractivity contribution in [3.8, 4) is 0 Å². The van der Waals surface area contributed by atoms with Gasteiger partial charge in [-0.15, -0.1) is 12.4 Å². The first-order valence-electron chi connectivity index (χ1n) is 8.26. The maximum atomic E-state index is 12.2. The van der Waals surface area contributed by atoms with Gasteiger partial charge in [0.15, 0.2) is 0 Å². The quantitative estimate of drug-likeness (QED) is 0.837. The van der Waals surface area contributed by atoms with Crippen molar-refractivity contribution in [2.45, 2.75) is 39.7 Å². The number of rotatable bonds is 6. The lowest BCUT2D eigenvalue weighted by atomic mass is 9.90. The zero-order chi connectivity index (χ0) is 16.2. The Hall–Kier alpha value is -1.10. The van der Waals surface area contributed by atoms with Gasteiger partial charge in [-0.05, 0) is 49.4 Å². The van der Waals surface area contributed by atoms with Crippen LogP contribution >= 0.6 is 12.4 Å². The average molecular weight is 340 g/mol. The summed E-state index contributed by atoms with van der Waals surface area (Å²) in [4.78, 5) is 14.4. The van der Waals surface area contributed by atoms with E-state index in [9.17, 15) is 4.79 Å². The molecule has 1 fully saturated rings. The van der Waals surface area contributed by atoms with E-state index in [-0.39, 0.29) is 29.8 Å². The van der Waals surface area contributed by atoms with Crippen LogP contribution in [0.15, 0.2) is 24.3 Å². The molecule has 4 nitrogen and oxygen atoms in total. The van der Waals surface area contributed by atoms with E-state index in [1.807, 2.05) is 6.92 Å². The van der Waals surface area contributed by atoms with E-state index in [2.05, 4.69) is 48.3 Å². The molecule has 1 aliphatic heterocycles. The summed E-state index contributed by atoms with van der Waals surface area (Å²) in [6.07, 6.45) is 2.11. The molecule has 0 saturated carbocycles. The van der Waals surface area contributed by atoms with Crippen LogP contribution in [0.5, 0.6) is 0 Å². The minimum absolute atomic E-state index is 0. The monoisotopic (exact) mass is 339 g/mol. The molecule has 1 aliphatic rings. The van der Waals surface area contributed by atoms with Gasteiger partial charge in [-0.1, -0.05) is 38.1 Å². The van der Waals surface area contributed by atoms with Crippen molar-refractivity contribution in [3.05, 3.63) is 35.4 Å². The second kappa shape index (κ2) is 8.67. The number of aryl methyl sites for hydroxylation is 1. The Morgan fingerprint density at radius 2 is 2.04 bits per heavy atom. The third-order valence-corrected chi connectivity index (χ3v) is 4.76. The Morgan fingerprint density at radius 1 is 1.39 bits per heavy atom. The Labute approximate surface area is 146 Å². The highest BCUT2D eigenvalue weighted by Gasteiger charge is 2.33. The molecule has 3 N–H and O–H groups in total. The highest BCUT2D eigenvalue weighted by atomic mass is 35.5. The molecular formula is C18H30ClN3O. The van der Waals surface area contributed by atoms with Crippen LogP contribution in [0.3, 0.4) is 0 Å². The fraction of sp³-hybridized carbons (Fsp3) is 0.611. The van der Waals surface area contributed by atoms with Gasteiger partial charge < -0.3 is 11.1 Å². The summed E-state index contributed by atoms with van der Waals surface area (Å²) in [5, 5.41) is 3.09. The third-order valence-electron chi connectivity index (χ3n) is 4.76. The van der Waals surface area contributed by atoms with Crippen LogP contribution in [0.25, 0.3) is 0 Å². The standard InChI is InChI=1S/C18H29N3O.ClH/c1-4-15-5-7-16(8-6-15)14(2)20-17(22)11-21-10-9-18(3,12-19)13-21;/h5-8,14H,4,9-13,19H2,1-3H3,(H,20,22);1H. The molecule has 2 rings (SSSR count). The Morgan fingerprint density at radius 3 is 2.57 bits per heavy atom. The van der Waals surface area contributed by atoms with Crippen LogP contribution in [-0.2, 0) is 11.2 Å². The minimum atomic E-state index is 0. The maximum absolute atomic E-state index is 12.2. The first-order valence-corrected chi connectivity index (χ1v) is 8.26. The van der Waals surface area contributed by atoms with E-state index in [4.69, 9.17) is 5.73 Å². The lowest BCUT2D eigenvalue weighted by Gasteiger charge is -2.23. The lowest BCUT2D eigenvalue weighted by molar-refractivity contribution is -0.122. The van der Waals surface area contributed by atoms with Gasteiger partial charge >= 0.3 is 0 Å². The van der Waals surface area contributed by atoms with Crippen molar-refractivity contribution in [2.75, 3.05) is 26.2 Å². The van der Waals surface area contributed by atoms with Crippen molar-refractivity contribution in [1.29, 1.82) is 0 Å². The third kappa shape index (κ3) is 5.48. The van der Waals surface area contributed by atoms with Crippen molar-refractivity contribution in [1.82, 2.24) is 10.2 Å². The van der Waals surface area contributed by atoms with Crippen molar-refractivity contribution < 1.29 is 4.79 Å². The van der Waals surface area contributed by atoms with Gasteiger partial charge in [-0.25, -0.2) is 0 Å². The molecule has 1 aromatic rings. The topological polar surface area (TPSA) is 58.4 Å². The fourth-order valence-corrected chi connectivity index (χ4v) is 3.04. The Kier molecular flexibility index (Phi) is 7.52. The summed E-state index contributed by atoms with van der Waals surface area (Å²) in [6.45, 7) is 9.40. The van der Waals surface area contributed by atoms with Gasteiger partial charge in [0.1, 0.15) is 0 Å². The van der Waals surface area contributed by atoms with E-state index in [1.165, 1.54) is 5.56 Å². The number of halogens is 1. The molecule has 0 aliphatic carbocycles. The predicted molar refractivity (Wildman–Crippen MR) is 97.8 cm³/mol. The SMILES string of the molecule is CCc1ccc(C(C)NC(=O)CN2CCC(C)(CN)C2)cc1.Cl. The van der Waals surface area contributed by atoms with E-state index in [0.717, 1.165) is 31.5 Å².